The van der Waals surface area contributed by atoms with Gasteiger partial charge >= 0.3 is 6.09 Å². The fraction of sp³-hybridized carbons (Fsp3) is 0.333. The van der Waals surface area contributed by atoms with Gasteiger partial charge in [-0.2, -0.15) is 0 Å². The van der Waals surface area contributed by atoms with Crippen LogP contribution in [0, 0.1) is 0 Å². The maximum absolute atomic E-state index is 12.9. The van der Waals surface area contributed by atoms with E-state index in [1.807, 2.05) is 32.9 Å². The Labute approximate surface area is 213 Å². The van der Waals surface area contributed by atoms with E-state index < -0.39 is 5.60 Å². The smallest absolute Gasteiger partial charge is 0.410 e. The quantitative estimate of drug-likeness (QED) is 0.480. The summed E-state index contributed by atoms with van der Waals surface area (Å²) in [4.78, 5) is 38.1. The van der Waals surface area contributed by atoms with Crippen LogP contribution in [0.25, 0.3) is 0 Å². The number of thiazole rings is 1. The molecule has 11 heteroatoms. The van der Waals surface area contributed by atoms with Crippen LogP contribution in [0.1, 0.15) is 30.4 Å². The predicted molar refractivity (Wildman–Crippen MR) is 139 cm³/mol. The molecule has 1 aromatic carbocycles. The molecule has 0 radical (unpaired) electrons. The van der Waals surface area contributed by atoms with Crippen molar-refractivity contribution < 1.29 is 14.3 Å². The maximum Gasteiger partial charge on any atom is 0.410 e. The average Bonchev–Trinajstić information content (AvgIpc) is 3.31. The van der Waals surface area contributed by atoms with E-state index in [0.717, 1.165) is 10.8 Å². The van der Waals surface area contributed by atoms with Crippen molar-refractivity contribution in [3.63, 3.8) is 0 Å². The number of piperazine rings is 1. The molecule has 1 saturated heterocycles. The zero-order valence-electron chi connectivity index (χ0n) is 19.7. The molecule has 0 atom stereocenters. The summed E-state index contributed by atoms with van der Waals surface area (Å²) in [6.07, 6.45) is 4.53. The molecule has 3 aromatic rings. The third kappa shape index (κ3) is 6.61. The highest BCUT2D eigenvalue weighted by Gasteiger charge is 2.27. The standard InChI is InChI=1S/C24H27ClN6O3S/c1-24(2,3)34-23(33)31-12-10-30(11-13-31)22-27-15-20(35-22)21(32)29-18-8-9-26-14-19(18)28-17-6-4-16(25)5-7-17/h4-9,14-15,28H,10-13H2,1-3H3,(H,26,29,32). The van der Waals surface area contributed by atoms with Gasteiger partial charge in [-0.25, -0.2) is 9.78 Å². The Morgan fingerprint density at radius 3 is 2.43 bits per heavy atom. The number of carbonyl (C=O) groups excluding carboxylic acids is 2. The highest BCUT2D eigenvalue weighted by molar-refractivity contribution is 7.17. The van der Waals surface area contributed by atoms with Crippen LogP contribution in [-0.4, -0.2) is 58.6 Å². The molecule has 2 aromatic heterocycles. The predicted octanol–water partition coefficient (Wildman–Crippen LogP) is 5.24. The number of carbonyl (C=O) groups is 2. The summed E-state index contributed by atoms with van der Waals surface area (Å²) in [6.45, 7) is 7.87. The molecule has 0 saturated carbocycles. The number of hydrogen-bond donors (Lipinski definition) is 2. The minimum absolute atomic E-state index is 0.258. The van der Waals surface area contributed by atoms with Crippen molar-refractivity contribution in [1.29, 1.82) is 0 Å². The van der Waals surface area contributed by atoms with Crippen molar-refractivity contribution in [2.24, 2.45) is 0 Å². The lowest BCUT2D eigenvalue weighted by atomic mass is 10.2. The Kier molecular flexibility index (Phi) is 7.42. The number of rotatable bonds is 5. The first-order valence-electron chi connectivity index (χ1n) is 11.1. The number of hydrogen-bond acceptors (Lipinski definition) is 8. The van der Waals surface area contributed by atoms with Crippen LogP contribution in [-0.2, 0) is 4.74 Å². The number of anilines is 4. The molecule has 0 bridgehead atoms. The second-order valence-corrected chi connectivity index (χ2v) is 10.4. The molecular formula is C24H27ClN6O3S. The van der Waals surface area contributed by atoms with E-state index in [9.17, 15) is 9.59 Å². The molecule has 1 fully saturated rings. The summed E-state index contributed by atoms with van der Waals surface area (Å²) < 4.78 is 5.45. The van der Waals surface area contributed by atoms with Crippen molar-refractivity contribution in [3.05, 3.63) is 58.8 Å². The number of ether oxygens (including phenoxy) is 1. The fourth-order valence-corrected chi connectivity index (χ4v) is 4.39. The van der Waals surface area contributed by atoms with Gasteiger partial charge in [-0.3, -0.25) is 9.78 Å². The van der Waals surface area contributed by atoms with E-state index >= 15 is 0 Å². The molecule has 0 spiro atoms. The molecule has 1 aliphatic heterocycles. The number of amides is 2. The van der Waals surface area contributed by atoms with Gasteiger partial charge in [0.1, 0.15) is 10.5 Å². The number of nitrogens with zero attached hydrogens (tertiary/aromatic N) is 4. The van der Waals surface area contributed by atoms with E-state index in [-0.39, 0.29) is 12.0 Å². The van der Waals surface area contributed by atoms with E-state index in [0.29, 0.717) is 47.5 Å². The zero-order chi connectivity index (χ0) is 25.0. The van der Waals surface area contributed by atoms with E-state index in [2.05, 4.69) is 25.5 Å². The fourth-order valence-electron chi connectivity index (χ4n) is 3.40. The van der Waals surface area contributed by atoms with Gasteiger partial charge in [0, 0.05) is 43.1 Å². The van der Waals surface area contributed by atoms with Crippen LogP contribution in [0.2, 0.25) is 5.02 Å². The topological polar surface area (TPSA) is 99.7 Å². The first-order valence-corrected chi connectivity index (χ1v) is 12.3. The SMILES string of the molecule is CC(C)(C)OC(=O)N1CCN(c2ncc(C(=O)Nc3ccncc3Nc3ccc(Cl)cc3)s2)CC1. The minimum atomic E-state index is -0.523. The minimum Gasteiger partial charge on any atom is -0.444 e. The average molecular weight is 515 g/mol. The van der Waals surface area contributed by atoms with Crippen molar-refractivity contribution in [3.8, 4) is 0 Å². The lowest BCUT2D eigenvalue weighted by Crippen LogP contribution is -2.50. The molecule has 0 aliphatic carbocycles. The Balaban J connectivity index is 1.36. The van der Waals surface area contributed by atoms with E-state index in [1.54, 1.807) is 41.7 Å². The van der Waals surface area contributed by atoms with Crippen LogP contribution in [0.15, 0.2) is 48.9 Å². The molecule has 2 N–H and O–H groups in total. The van der Waals surface area contributed by atoms with Crippen molar-refractivity contribution in [2.75, 3.05) is 41.7 Å². The Morgan fingerprint density at radius 2 is 1.74 bits per heavy atom. The number of aromatic nitrogens is 2. The summed E-state index contributed by atoms with van der Waals surface area (Å²) in [5.74, 6) is -0.258. The van der Waals surface area contributed by atoms with Gasteiger partial charge in [-0.15, -0.1) is 0 Å². The normalized spacial score (nSPS) is 13.9. The molecule has 0 unspecified atom stereocenters. The van der Waals surface area contributed by atoms with Crippen LogP contribution in [0.3, 0.4) is 0 Å². The van der Waals surface area contributed by atoms with E-state index in [4.69, 9.17) is 16.3 Å². The number of nitrogens with one attached hydrogen (secondary N) is 2. The third-order valence-corrected chi connectivity index (χ3v) is 6.42. The van der Waals surface area contributed by atoms with Crippen LogP contribution in [0.4, 0.5) is 27.0 Å². The van der Waals surface area contributed by atoms with Crippen molar-refractivity contribution in [1.82, 2.24) is 14.9 Å². The third-order valence-electron chi connectivity index (χ3n) is 5.11. The van der Waals surface area contributed by atoms with Gasteiger partial charge in [0.2, 0.25) is 0 Å². The van der Waals surface area contributed by atoms with Gasteiger partial charge in [-0.05, 0) is 51.1 Å². The largest absolute Gasteiger partial charge is 0.444 e. The first kappa shape index (κ1) is 24.7. The first-order chi connectivity index (χ1) is 16.7. The van der Waals surface area contributed by atoms with Gasteiger partial charge in [-0.1, -0.05) is 22.9 Å². The molecule has 184 valence electrons. The van der Waals surface area contributed by atoms with Crippen LogP contribution < -0.4 is 15.5 Å². The number of benzene rings is 1. The number of pyridine rings is 1. The molecular weight excluding hydrogens is 488 g/mol. The summed E-state index contributed by atoms with van der Waals surface area (Å²) in [6, 6.07) is 8.99. The summed E-state index contributed by atoms with van der Waals surface area (Å²) in [5, 5.41) is 7.56. The summed E-state index contributed by atoms with van der Waals surface area (Å²) >= 11 is 7.27. The van der Waals surface area contributed by atoms with Crippen LogP contribution >= 0.6 is 22.9 Å². The van der Waals surface area contributed by atoms with Gasteiger partial charge in [0.05, 0.1) is 23.8 Å². The van der Waals surface area contributed by atoms with Gasteiger partial charge in [0.15, 0.2) is 5.13 Å². The summed E-state index contributed by atoms with van der Waals surface area (Å²) in [5.41, 5.74) is 1.56. The lowest BCUT2D eigenvalue weighted by Gasteiger charge is -2.35. The second-order valence-electron chi connectivity index (χ2n) is 8.97. The molecule has 9 nitrogen and oxygen atoms in total. The van der Waals surface area contributed by atoms with E-state index in [1.165, 1.54) is 11.3 Å². The molecule has 4 rings (SSSR count). The monoisotopic (exact) mass is 514 g/mol. The highest BCUT2D eigenvalue weighted by Crippen LogP contribution is 2.28. The van der Waals surface area contributed by atoms with Crippen molar-refractivity contribution >= 4 is 57.1 Å². The highest BCUT2D eigenvalue weighted by atomic mass is 35.5. The Bertz CT molecular complexity index is 1190. The number of halogens is 1. The van der Waals surface area contributed by atoms with Gasteiger partial charge in [0.25, 0.3) is 5.91 Å². The maximum atomic E-state index is 12.9. The second kappa shape index (κ2) is 10.5. The van der Waals surface area contributed by atoms with Crippen LogP contribution in [0.5, 0.6) is 0 Å². The Morgan fingerprint density at radius 1 is 1.03 bits per heavy atom. The molecule has 2 amide bonds. The zero-order valence-corrected chi connectivity index (χ0v) is 21.3. The van der Waals surface area contributed by atoms with Gasteiger partial charge < -0.3 is 25.2 Å². The van der Waals surface area contributed by atoms with Crippen molar-refractivity contribution in [2.45, 2.75) is 26.4 Å². The molecule has 3 heterocycles. The lowest BCUT2D eigenvalue weighted by molar-refractivity contribution is 0.0240. The molecule has 1 aliphatic rings. The summed E-state index contributed by atoms with van der Waals surface area (Å²) in [7, 11) is 0. The molecule has 35 heavy (non-hydrogen) atoms. The Hall–Kier alpha value is -3.37.